The summed E-state index contributed by atoms with van der Waals surface area (Å²) in [6.45, 7) is 2.01. The normalized spacial score (nSPS) is 12.4. The third-order valence-electron chi connectivity index (χ3n) is 5.42. The van der Waals surface area contributed by atoms with Crippen LogP contribution in [0.1, 0.15) is 35.7 Å². The summed E-state index contributed by atoms with van der Waals surface area (Å²) in [4.78, 5) is 14.3. The van der Waals surface area contributed by atoms with Gasteiger partial charge in [-0.15, -0.1) is 0 Å². The quantitative estimate of drug-likeness (QED) is 0.217. The highest BCUT2D eigenvalue weighted by Gasteiger charge is 2.20. The zero-order valence-electron chi connectivity index (χ0n) is 17.7. The number of halogens is 3. The Hall–Kier alpha value is -3.34. The van der Waals surface area contributed by atoms with Crippen molar-refractivity contribution in [1.82, 2.24) is 4.98 Å². The second-order valence-corrected chi connectivity index (χ2v) is 8.27. The van der Waals surface area contributed by atoms with Crippen LogP contribution in [0.15, 0.2) is 72.8 Å². The number of hydrogen-bond acceptors (Lipinski definition) is 1. The first kappa shape index (κ1) is 22.8. The van der Waals surface area contributed by atoms with E-state index in [1.54, 1.807) is 6.07 Å². The number of rotatable bonds is 6. The van der Waals surface area contributed by atoms with E-state index in [9.17, 15) is 9.18 Å². The lowest BCUT2D eigenvalue weighted by Gasteiger charge is -2.17. The van der Waals surface area contributed by atoms with Gasteiger partial charge in [0.05, 0.1) is 15.7 Å². The standard InChI is InChI=1S/C27H20Cl2FNO2/c1-2-19(20-13-12-18(30)15-22(20)28)25(17-10-7-16(8-11-17)9-14-24(32)33)27-26(29)21-5-3-4-6-23(21)31-27/h3-15,31H,2H2,1H3,(H,32,33)/b14-9+,25-19+. The van der Waals surface area contributed by atoms with Gasteiger partial charge in [-0.3, -0.25) is 0 Å². The molecule has 33 heavy (non-hydrogen) atoms. The van der Waals surface area contributed by atoms with Crippen LogP contribution in [0.2, 0.25) is 10.0 Å². The van der Waals surface area contributed by atoms with Gasteiger partial charge in [0.2, 0.25) is 0 Å². The van der Waals surface area contributed by atoms with Gasteiger partial charge in [0.25, 0.3) is 0 Å². The van der Waals surface area contributed by atoms with Gasteiger partial charge >= 0.3 is 5.97 Å². The Morgan fingerprint density at radius 1 is 1.06 bits per heavy atom. The zero-order chi connectivity index (χ0) is 23.5. The molecule has 0 saturated heterocycles. The highest BCUT2D eigenvalue weighted by Crippen LogP contribution is 2.41. The summed E-state index contributed by atoms with van der Waals surface area (Å²) in [6.07, 6.45) is 3.24. The van der Waals surface area contributed by atoms with Crippen molar-refractivity contribution < 1.29 is 14.3 Å². The zero-order valence-corrected chi connectivity index (χ0v) is 19.2. The maximum atomic E-state index is 13.8. The Kier molecular flexibility index (Phi) is 6.68. The molecule has 6 heteroatoms. The van der Waals surface area contributed by atoms with E-state index in [-0.39, 0.29) is 0 Å². The van der Waals surface area contributed by atoms with Crippen molar-refractivity contribution in [2.45, 2.75) is 13.3 Å². The molecule has 1 aromatic heterocycles. The van der Waals surface area contributed by atoms with Crippen LogP contribution in [0.3, 0.4) is 0 Å². The highest BCUT2D eigenvalue weighted by molar-refractivity contribution is 6.38. The summed E-state index contributed by atoms with van der Waals surface area (Å²) in [5.74, 6) is -1.41. The molecule has 0 saturated carbocycles. The minimum Gasteiger partial charge on any atom is -0.478 e. The van der Waals surface area contributed by atoms with Crippen LogP contribution in [0.25, 0.3) is 28.1 Å². The average Bonchev–Trinajstić information content (AvgIpc) is 3.13. The van der Waals surface area contributed by atoms with Crippen LogP contribution in [0, 0.1) is 5.82 Å². The topological polar surface area (TPSA) is 53.1 Å². The molecule has 1 heterocycles. The molecular weight excluding hydrogens is 460 g/mol. The van der Waals surface area contributed by atoms with E-state index in [2.05, 4.69) is 4.98 Å². The van der Waals surface area contributed by atoms with Crippen LogP contribution in [0.4, 0.5) is 4.39 Å². The number of H-pyrrole nitrogens is 1. The molecule has 0 bridgehead atoms. The molecule has 4 aromatic rings. The van der Waals surface area contributed by atoms with E-state index in [0.717, 1.165) is 50.5 Å². The minimum atomic E-state index is -1.01. The van der Waals surface area contributed by atoms with Gasteiger partial charge in [0.15, 0.2) is 0 Å². The first-order valence-electron chi connectivity index (χ1n) is 10.4. The van der Waals surface area contributed by atoms with Gasteiger partial charge in [0.1, 0.15) is 5.82 Å². The molecule has 0 spiro atoms. The molecule has 0 radical (unpaired) electrons. The number of fused-ring (bicyclic) bond motifs is 1. The number of aromatic amines is 1. The fraction of sp³-hybridized carbons (Fsp3) is 0.0741. The lowest BCUT2D eigenvalue weighted by Crippen LogP contribution is -1.97. The summed E-state index contributed by atoms with van der Waals surface area (Å²) < 4.78 is 13.8. The Morgan fingerprint density at radius 2 is 1.79 bits per heavy atom. The number of nitrogens with one attached hydrogen (secondary N) is 1. The molecule has 3 aromatic carbocycles. The first-order valence-corrected chi connectivity index (χ1v) is 11.1. The Morgan fingerprint density at radius 3 is 2.42 bits per heavy atom. The first-order chi connectivity index (χ1) is 15.9. The number of carbonyl (C=O) groups is 1. The fourth-order valence-corrected chi connectivity index (χ4v) is 4.50. The molecule has 3 nitrogen and oxygen atoms in total. The van der Waals surface area contributed by atoms with Crippen molar-refractivity contribution in [3.05, 3.63) is 111 Å². The van der Waals surface area contributed by atoms with Gasteiger partial charge in [0, 0.05) is 22.6 Å². The molecule has 0 aliphatic heterocycles. The Balaban J connectivity index is 1.98. The molecule has 0 amide bonds. The van der Waals surface area contributed by atoms with E-state index in [1.807, 2.05) is 55.5 Å². The molecule has 2 N–H and O–H groups in total. The number of para-hydroxylation sites is 1. The largest absolute Gasteiger partial charge is 0.478 e. The van der Waals surface area contributed by atoms with Crippen molar-refractivity contribution in [3.8, 4) is 0 Å². The lowest BCUT2D eigenvalue weighted by atomic mass is 9.90. The van der Waals surface area contributed by atoms with Crippen molar-refractivity contribution in [3.63, 3.8) is 0 Å². The number of aromatic nitrogens is 1. The van der Waals surface area contributed by atoms with Gasteiger partial charge in [-0.2, -0.15) is 0 Å². The van der Waals surface area contributed by atoms with Crippen molar-refractivity contribution >= 4 is 57.3 Å². The number of carboxylic acid groups (broad SMARTS) is 1. The van der Waals surface area contributed by atoms with Crippen molar-refractivity contribution in [2.24, 2.45) is 0 Å². The summed E-state index contributed by atoms with van der Waals surface area (Å²) in [5.41, 5.74) is 5.73. The molecule has 0 aliphatic rings. The van der Waals surface area contributed by atoms with Gasteiger partial charge in [-0.1, -0.05) is 78.7 Å². The minimum absolute atomic E-state index is 0.317. The van der Waals surface area contributed by atoms with Crippen molar-refractivity contribution in [2.75, 3.05) is 0 Å². The van der Waals surface area contributed by atoms with E-state index < -0.39 is 11.8 Å². The monoisotopic (exact) mass is 479 g/mol. The average molecular weight is 480 g/mol. The van der Waals surface area contributed by atoms with Crippen LogP contribution in [0.5, 0.6) is 0 Å². The number of allylic oxidation sites excluding steroid dienone is 1. The van der Waals surface area contributed by atoms with E-state index >= 15 is 0 Å². The number of benzene rings is 3. The predicted octanol–water partition coefficient (Wildman–Crippen LogP) is 8.08. The summed E-state index contributed by atoms with van der Waals surface area (Å²) in [7, 11) is 0. The lowest BCUT2D eigenvalue weighted by molar-refractivity contribution is -0.131. The summed E-state index contributed by atoms with van der Waals surface area (Å²) in [6, 6.07) is 19.6. The Labute approximate surface area is 200 Å². The second kappa shape index (κ2) is 9.65. The molecule has 4 rings (SSSR count). The maximum Gasteiger partial charge on any atom is 0.328 e. The maximum absolute atomic E-state index is 13.8. The molecule has 0 atom stereocenters. The van der Waals surface area contributed by atoms with Crippen molar-refractivity contribution in [1.29, 1.82) is 0 Å². The third-order valence-corrected chi connectivity index (χ3v) is 6.13. The highest BCUT2D eigenvalue weighted by atomic mass is 35.5. The molecule has 0 unspecified atom stereocenters. The van der Waals surface area contributed by atoms with Gasteiger partial charge in [-0.05, 0) is 53.0 Å². The smallest absolute Gasteiger partial charge is 0.328 e. The second-order valence-electron chi connectivity index (χ2n) is 7.48. The van der Waals surface area contributed by atoms with Crippen LogP contribution in [-0.4, -0.2) is 16.1 Å². The molecule has 0 aliphatic carbocycles. The number of carboxylic acids is 1. The molecule has 0 fully saturated rings. The van der Waals surface area contributed by atoms with Crippen LogP contribution >= 0.6 is 23.2 Å². The van der Waals surface area contributed by atoms with Gasteiger partial charge < -0.3 is 10.1 Å². The van der Waals surface area contributed by atoms with Gasteiger partial charge in [-0.25, -0.2) is 9.18 Å². The van der Waals surface area contributed by atoms with E-state index in [1.165, 1.54) is 18.2 Å². The SMILES string of the molecule is CC/C(=C(/c1ccc(/C=C/C(=O)O)cc1)c1[nH]c2ccccc2c1Cl)c1ccc(F)cc1Cl. The number of aliphatic carboxylic acids is 1. The van der Waals surface area contributed by atoms with E-state index in [0.29, 0.717) is 16.5 Å². The molecule has 166 valence electrons. The summed E-state index contributed by atoms with van der Waals surface area (Å²) in [5, 5.41) is 10.7. The number of hydrogen-bond donors (Lipinski definition) is 2. The Bertz CT molecular complexity index is 1400. The van der Waals surface area contributed by atoms with Crippen LogP contribution < -0.4 is 0 Å². The predicted molar refractivity (Wildman–Crippen MR) is 134 cm³/mol. The van der Waals surface area contributed by atoms with Crippen LogP contribution in [-0.2, 0) is 4.79 Å². The third kappa shape index (κ3) is 4.72. The fourth-order valence-electron chi connectivity index (χ4n) is 3.91. The molecular formula is C27H20Cl2FNO2. The van der Waals surface area contributed by atoms with E-state index in [4.69, 9.17) is 28.3 Å². The summed E-state index contributed by atoms with van der Waals surface area (Å²) >= 11 is 13.3.